The summed E-state index contributed by atoms with van der Waals surface area (Å²) in [5.74, 6) is -5.42. The van der Waals surface area contributed by atoms with E-state index in [1.807, 2.05) is 0 Å². The van der Waals surface area contributed by atoms with E-state index >= 15 is 0 Å². The topological polar surface area (TPSA) is 197 Å². The Morgan fingerprint density at radius 1 is 1.30 bits per heavy atom. The largest absolute Gasteiger partial charge is 0.481 e. The van der Waals surface area contributed by atoms with Crippen LogP contribution in [0.2, 0.25) is 0 Å². The first-order valence-corrected chi connectivity index (χ1v) is 5.79. The third-order valence-corrected chi connectivity index (χ3v) is 3.15. The third-order valence-electron chi connectivity index (χ3n) is 3.15. The summed E-state index contributed by atoms with van der Waals surface area (Å²) in [5.41, 5.74) is 10.8. The van der Waals surface area contributed by atoms with Crippen LogP contribution >= 0.6 is 0 Å². The van der Waals surface area contributed by atoms with Gasteiger partial charge in [0.25, 0.3) is 0 Å². The zero-order chi connectivity index (χ0) is 15.7. The molecule has 0 spiro atoms. The number of ether oxygens (including phenoxy) is 1. The Morgan fingerprint density at radius 2 is 1.85 bits per heavy atom. The fourth-order valence-electron chi connectivity index (χ4n) is 1.96. The monoisotopic (exact) mass is 294 g/mol. The summed E-state index contributed by atoms with van der Waals surface area (Å²) in [4.78, 5) is 22.5. The minimum atomic E-state index is -2.79. The second-order valence-electron chi connectivity index (χ2n) is 4.61. The number of rotatable bonds is 5. The van der Waals surface area contributed by atoms with Gasteiger partial charge in [-0.25, -0.2) is 0 Å². The smallest absolute Gasteiger partial charge is 0.305 e. The van der Waals surface area contributed by atoms with Crippen LogP contribution in [0.1, 0.15) is 6.42 Å². The zero-order valence-corrected chi connectivity index (χ0v) is 10.4. The number of aliphatic carboxylic acids is 1. The van der Waals surface area contributed by atoms with E-state index in [4.69, 9.17) is 26.4 Å². The first-order valence-electron chi connectivity index (χ1n) is 5.79. The van der Waals surface area contributed by atoms with Crippen LogP contribution in [-0.4, -0.2) is 80.1 Å². The van der Waals surface area contributed by atoms with Gasteiger partial charge in [0.2, 0.25) is 11.6 Å². The van der Waals surface area contributed by atoms with E-state index in [0.717, 1.165) is 0 Å². The van der Waals surface area contributed by atoms with Gasteiger partial charge in [-0.3, -0.25) is 9.59 Å². The average Bonchev–Trinajstić information content (AvgIpc) is 2.38. The van der Waals surface area contributed by atoms with Gasteiger partial charge in [-0.15, -0.1) is 0 Å². The molecular weight excluding hydrogens is 276 g/mol. The van der Waals surface area contributed by atoms with Crippen LogP contribution in [0.5, 0.6) is 0 Å². The second kappa shape index (κ2) is 6.10. The Bertz CT molecular complexity index is 389. The van der Waals surface area contributed by atoms with Crippen molar-refractivity contribution in [1.29, 1.82) is 0 Å². The molecule has 20 heavy (non-hydrogen) atoms. The predicted molar refractivity (Wildman–Crippen MR) is 62.1 cm³/mol. The van der Waals surface area contributed by atoms with E-state index in [9.17, 15) is 24.9 Å². The summed E-state index contributed by atoms with van der Waals surface area (Å²) in [6.45, 7) is -0.797. The molecule has 1 aliphatic rings. The van der Waals surface area contributed by atoms with Crippen molar-refractivity contribution in [2.24, 2.45) is 11.5 Å². The number of carbonyl (C=O) groups excluding carboxylic acids is 1. The van der Waals surface area contributed by atoms with Crippen LogP contribution in [0.4, 0.5) is 0 Å². The molecule has 9 N–H and O–H groups in total. The van der Waals surface area contributed by atoms with Gasteiger partial charge in [-0.1, -0.05) is 0 Å². The Kier molecular flexibility index (Phi) is 5.15. The van der Waals surface area contributed by atoms with Gasteiger partial charge in [-0.05, 0) is 0 Å². The highest BCUT2D eigenvalue weighted by atomic mass is 16.7. The molecule has 1 unspecified atom stereocenters. The van der Waals surface area contributed by atoms with E-state index < -0.39 is 61.0 Å². The van der Waals surface area contributed by atoms with Crippen LogP contribution in [0.15, 0.2) is 0 Å². The number of Topliss-reactive ketones (excluding diaryl/α,β-unsaturated/α-hetero) is 1. The van der Waals surface area contributed by atoms with E-state index in [1.165, 1.54) is 0 Å². The lowest BCUT2D eigenvalue weighted by molar-refractivity contribution is -0.298. The molecule has 0 aliphatic carbocycles. The van der Waals surface area contributed by atoms with Crippen molar-refractivity contribution in [2.45, 2.75) is 42.6 Å². The van der Waals surface area contributed by atoms with Gasteiger partial charge in [0.1, 0.15) is 18.3 Å². The molecule has 6 atom stereocenters. The molecule has 1 aliphatic heterocycles. The lowest BCUT2D eigenvalue weighted by Gasteiger charge is -2.45. The number of carboxylic acids is 1. The van der Waals surface area contributed by atoms with Gasteiger partial charge in [-0.2, -0.15) is 0 Å². The van der Waals surface area contributed by atoms with Gasteiger partial charge in [0.15, 0.2) is 0 Å². The number of aliphatic hydroxyl groups excluding tert-OH is 3. The highest BCUT2D eigenvalue weighted by Crippen LogP contribution is 2.28. The van der Waals surface area contributed by atoms with Crippen molar-refractivity contribution >= 4 is 11.8 Å². The summed E-state index contributed by atoms with van der Waals surface area (Å²) in [6, 6.07) is -3.36. The standard InChI is InChI=1S/C10H18N2O8/c11-3(1-5(14)15)9(18)10(19)8(12)7(17)6(16)4(2-13)20-10/h3-4,6-8,13,16-17,19H,1-2,11-12H2,(H,14,15)/t3-,4+,6+,7-,8+,10?/m0/s1. The van der Waals surface area contributed by atoms with Crippen molar-refractivity contribution in [2.75, 3.05) is 6.61 Å². The maximum atomic E-state index is 12.0. The molecule has 1 saturated heterocycles. The van der Waals surface area contributed by atoms with Crippen molar-refractivity contribution in [3.05, 3.63) is 0 Å². The van der Waals surface area contributed by atoms with Gasteiger partial charge < -0.3 is 41.7 Å². The predicted octanol–water partition coefficient (Wildman–Crippen LogP) is -4.51. The molecule has 0 bridgehead atoms. The number of aliphatic hydroxyl groups is 4. The fraction of sp³-hybridized carbons (Fsp3) is 0.800. The van der Waals surface area contributed by atoms with Crippen LogP contribution < -0.4 is 11.5 Å². The summed E-state index contributed by atoms with van der Waals surface area (Å²) in [5, 5.41) is 46.9. The minimum absolute atomic E-state index is 0.778. The Labute approximate surface area is 113 Å². The van der Waals surface area contributed by atoms with Crippen molar-refractivity contribution in [3.63, 3.8) is 0 Å². The molecular formula is C10H18N2O8. The summed E-state index contributed by atoms with van der Waals surface area (Å²) >= 11 is 0. The van der Waals surface area contributed by atoms with E-state index in [0.29, 0.717) is 0 Å². The summed E-state index contributed by atoms with van der Waals surface area (Å²) in [7, 11) is 0. The van der Waals surface area contributed by atoms with Crippen LogP contribution in [-0.2, 0) is 14.3 Å². The van der Waals surface area contributed by atoms with Gasteiger partial charge in [0.05, 0.1) is 25.1 Å². The minimum Gasteiger partial charge on any atom is -0.481 e. The molecule has 0 amide bonds. The molecule has 0 aromatic carbocycles. The van der Waals surface area contributed by atoms with Gasteiger partial charge >= 0.3 is 5.97 Å². The number of nitrogens with two attached hydrogens (primary N) is 2. The fourth-order valence-corrected chi connectivity index (χ4v) is 1.96. The normalized spacial score (nSPS) is 39.3. The van der Waals surface area contributed by atoms with E-state index in [-0.39, 0.29) is 0 Å². The number of carbonyl (C=O) groups is 2. The third kappa shape index (κ3) is 2.96. The maximum absolute atomic E-state index is 12.0. The number of hydrogen-bond donors (Lipinski definition) is 7. The van der Waals surface area contributed by atoms with Crippen molar-refractivity contribution < 1.29 is 39.9 Å². The Hall–Kier alpha value is -1.14. The van der Waals surface area contributed by atoms with Crippen LogP contribution in [0.3, 0.4) is 0 Å². The van der Waals surface area contributed by atoms with E-state index in [1.54, 1.807) is 0 Å². The second-order valence-corrected chi connectivity index (χ2v) is 4.61. The summed E-state index contributed by atoms with van der Waals surface area (Å²) < 4.78 is 4.83. The summed E-state index contributed by atoms with van der Waals surface area (Å²) in [6.07, 6.45) is -5.61. The quantitative estimate of drug-likeness (QED) is 0.259. The highest BCUT2D eigenvalue weighted by molar-refractivity contribution is 5.93. The zero-order valence-electron chi connectivity index (χ0n) is 10.4. The molecule has 0 saturated carbocycles. The molecule has 1 heterocycles. The molecule has 0 aromatic rings. The van der Waals surface area contributed by atoms with Crippen LogP contribution in [0, 0.1) is 0 Å². The molecule has 10 nitrogen and oxygen atoms in total. The lowest BCUT2D eigenvalue weighted by Crippen LogP contribution is -2.73. The SMILES string of the molecule is N[C@@H]1[C@@H](O)[C@H](O)[C@@H](CO)OC1(O)C(=O)[C@@H](N)CC(=O)O. The van der Waals surface area contributed by atoms with E-state index in [2.05, 4.69) is 0 Å². The number of ketones is 1. The lowest BCUT2D eigenvalue weighted by atomic mass is 9.86. The Morgan fingerprint density at radius 3 is 2.30 bits per heavy atom. The van der Waals surface area contributed by atoms with Crippen molar-refractivity contribution in [3.8, 4) is 0 Å². The van der Waals surface area contributed by atoms with Crippen molar-refractivity contribution in [1.82, 2.24) is 0 Å². The first-order chi connectivity index (χ1) is 9.15. The molecule has 10 heteroatoms. The molecule has 0 aromatic heterocycles. The highest BCUT2D eigenvalue weighted by Gasteiger charge is 2.56. The number of hydrogen-bond acceptors (Lipinski definition) is 9. The molecule has 1 fully saturated rings. The molecule has 0 radical (unpaired) electrons. The molecule has 116 valence electrons. The van der Waals surface area contributed by atoms with Gasteiger partial charge in [0, 0.05) is 0 Å². The maximum Gasteiger partial charge on any atom is 0.305 e. The Balaban J connectivity index is 2.99. The first kappa shape index (κ1) is 16.9. The molecule has 1 rings (SSSR count). The number of carboxylic acid groups (broad SMARTS) is 1. The van der Waals surface area contributed by atoms with Crippen LogP contribution in [0.25, 0.3) is 0 Å². The average molecular weight is 294 g/mol.